The van der Waals surface area contributed by atoms with Gasteiger partial charge in [-0.15, -0.1) is 0 Å². The van der Waals surface area contributed by atoms with Gasteiger partial charge in [-0.1, -0.05) is 20.8 Å². The van der Waals surface area contributed by atoms with E-state index in [-0.39, 0.29) is 18.4 Å². The van der Waals surface area contributed by atoms with Gasteiger partial charge in [-0.25, -0.2) is 0 Å². The molecule has 0 saturated heterocycles. The van der Waals surface area contributed by atoms with Gasteiger partial charge in [0.05, 0.1) is 0 Å². The van der Waals surface area contributed by atoms with Crippen molar-refractivity contribution < 1.29 is 13.2 Å². The maximum Gasteiger partial charge on any atom is 0.404 e. The van der Waals surface area contributed by atoms with E-state index in [1.807, 2.05) is 20.8 Å². The van der Waals surface area contributed by atoms with Crippen LogP contribution in [0.5, 0.6) is 0 Å². The van der Waals surface area contributed by atoms with E-state index in [2.05, 4.69) is 0 Å². The minimum absolute atomic E-state index is 0.0456. The van der Waals surface area contributed by atoms with Crippen LogP contribution >= 0.6 is 0 Å². The largest absolute Gasteiger partial charge is 0.404 e. The molecule has 15 heavy (non-hydrogen) atoms. The van der Waals surface area contributed by atoms with Gasteiger partial charge < -0.3 is 5.73 Å². The van der Waals surface area contributed by atoms with E-state index in [0.29, 0.717) is 6.54 Å². The summed E-state index contributed by atoms with van der Waals surface area (Å²) in [6.45, 7) is 6.20. The Balaban J connectivity index is 4.50. The highest BCUT2D eigenvalue weighted by atomic mass is 19.4. The molecule has 0 rings (SSSR count). The van der Waals surface area contributed by atoms with Crippen LogP contribution in [0.4, 0.5) is 13.2 Å². The van der Waals surface area contributed by atoms with Crippen LogP contribution < -0.4 is 5.73 Å². The predicted octanol–water partition coefficient (Wildman–Crippen LogP) is 2.24. The van der Waals surface area contributed by atoms with Crippen LogP contribution in [0.15, 0.2) is 0 Å². The maximum absolute atomic E-state index is 12.6. The number of halogens is 3. The number of hydrogen-bond donors (Lipinski definition) is 1. The van der Waals surface area contributed by atoms with Crippen molar-refractivity contribution in [3.8, 4) is 0 Å². The molecular formula is C10H21F3N2. The van der Waals surface area contributed by atoms with E-state index < -0.39 is 12.2 Å². The summed E-state index contributed by atoms with van der Waals surface area (Å²) in [5.74, 6) is 0. The van der Waals surface area contributed by atoms with Gasteiger partial charge in [0.15, 0.2) is 0 Å². The van der Waals surface area contributed by atoms with Crippen molar-refractivity contribution in [1.82, 2.24) is 4.90 Å². The Hall–Kier alpha value is -0.290. The summed E-state index contributed by atoms with van der Waals surface area (Å²) in [7, 11) is 1.50. The summed E-state index contributed by atoms with van der Waals surface area (Å²) in [5, 5.41) is 0. The molecule has 0 spiro atoms. The van der Waals surface area contributed by atoms with Gasteiger partial charge in [0, 0.05) is 6.54 Å². The summed E-state index contributed by atoms with van der Waals surface area (Å²) in [4.78, 5) is 1.34. The molecular weight excluding hydrogens is 205 g/mol. The summed E-state index contributed by atoms with van der Waals surface area (Å²) in [6.07, 6.45) is -4.24. The van der Waals surface area contributed by atoms with Crippen LogP contribution in [0.3, 0.4) is 0 Å². The molecule has 1 atom stereocenters. The van der Waals surface area contributed by atoms with Crippen molar-refractivity contribution in [2.75, 3.05) is 20.1 Å². The lowest BCUT2D eigenvalue weighted by atomic mass is 9.95. The van der Waals surface area contributed by atoms with E-state index in [0.717, 1.165) is 0 Å². The molecule has 0 fully saturated rings. The molecule has 2 N–H and O–H groups in total. The third-order valence-corrected chi connectivity index (χ3v) is 2.07. The van der Waals surface area contributed by atoms with Crippen LogP contribution in [-0.2, 0) is 0 Å². The van der Waals surface area contributed by atoms with Gasteiger partial charge in [-0.3, -0.25) is 4.90 Å². The lowest BCUT2D eigenvalue weighted by molar-refractivity contribution is -0.183. The molecule has 0 saturated carbocycles. The van der Waals surface area contributed by atoms with Crippen LogP contribution in [0.2, 0.25) is 0 Å². The summed E-state index contributed by atoms with van der Waals surface area (Å²) in [5.41, 5.74) is 5.06. The average Bonchev–Trinajstić information content (AvgIpc) is 1.93. The van der Waals surface area contributed by atoms with Crippen molar-refractivity contribution in [2.45, 2.75) is 39.4 Å². The molecule has 0 aliphatic heterocycles. The molecule has 0 aliphatic rings. The number of nitrogens with two attached hydrogens (primary N) is 1. The van der Waals surface area contributed by atoms with Crippen molar-refractivity contribution in [1.29, 1.82) is 0 Å². The first-order chi connectivity index (χ1) is 6.58. The molecule has 2 nitrogen and oxygen atoms in total. The van der Waals surface area contributed by atoms with Gasteiger partial charge in [-0.05, 0) is 25.4 Å². The average molecular weight is 226 g/mol. The SMILES string of the molecule is CN(CC(C)(C)C)C(CCN)C(F)(F)F. The molecule has 1 unspecified atom stereocenters. The topological polar surface area (TPSA) is 29.3 Å². The predicted molar refractivity (Wildman–Crippen MR) is 55.6 cm³/mol. The quantitative estimate of drug-likeness (QED) is 0.796. The van der Waals surface area contributed by atoms with Crippen LogP contribution in [-0.4, -0.2) is 37.3 Å². The lowest BCUT2D eigenvalue weighted by Gasteiger charge is -2.34. The fraction of sp³-hybridized carbons (Fsp3) is 1.00. The van der Waals surface area contributed by atoms with Crippen molar-refractivity contribution >= 4 is 0 Å². The van der Waals surface area contributed by atoms with Gasteiger partial charge >= 0.3 is 6.18 Å². The Bertz CT molecular complexity index is 184. The van der Waals surface area contributed by atoms with Crippen LogP contribution in [0.1, 0.15) is 27.2 Å². The van der Waals surface area contributed by atoms with Crippen LogP contribution in [0.25, 0.3) is 0 Å². The maximum atomic E-state index is 12.6. The Morgan fingerprint density at radius 3 is 1.93 bits per heavy atom. The Kier molecular flexibility index (Phi) is 5.06. The molecule has 5 heteroatoms. The van der Waals surface area contributed by atoms with E-state index in [4.69, 9.17) is 5.73 Å². The Morgan fingerprint density at radius 1 is 1.20 bits per heavy atom. The first-order valence-electron chi connectivity index (χ1n) is 5.05. The van der Waals surface area contributed by atoms with E-state index >= 15 is 0 Å². The van der Waals surface area contributed by atoms with E-state index in [1.165, 1.54) is 11.9 Å². The summed E-state index contributed by atoms with van der Waals surface area (Å²) < 4.78 is 37.9. The van der Waals surface area contributed by atoms with Gasteiger partial charge in [0.2, 0.25) is 0 Å². The highest BCUT2D eigenvalue weighted by molar-refractivity contribution is 4.80. The highest BCUT2D eigenvalue weighted by Crippen LogP contribution is 2.28. The van der Waals surface area contributed by atoms with Gasteiger partial charge in [0.1, 0.15) is 6.04 Å². The number of rotatable bonds is 4. The van der Waals surface area contributed by atoms with E-state index in [1.54, 1.807) is 0 Å². The molecule has 0 aromatic carbocycles. The first-order valence-corrected chi connectivity index (χ1v) is 5.05. The first kappa shape index (κ1) is 14.7. The fourth-order valence-electron chi connectivity index (χ4n) is 1.65. The number of alkyl halides is 3. The summed E-state index contributed by atoms with van der Waals surface area (Å²) >= 11 is 0. The zero-order valence-electron chi connectivity index (χ0n) is 9.86. The normalized spacial score (nSPS) is 15.8. The highest BCUT2D eigenvalue weighted by Gasteiger charge is 2.42. The molecule has 0 amide bonds. The second-order valence-corrected chi connectivity index (χ2v) is 5.11. The monoisotopic (exact) mass is 226 g/mol. The Labute approximate surface area is 89.6 Å². The smallest absolute Gasteiger partial charge is 0.330 e. The standard InChI is InChI=1S/C10H21F3N2/c1-9(2,3)7-15(4)8(5-6-14)10(11,12)13/h8H,5-7,14H2,1-4H3. The van der Waals surface area contributed by atoms with Crippen molar-refractivity contribution in [3.05, 3.63) is 0 Å². The zero-order valence-corrected chi connectivity index (χ0v) is 9.86. The number of hydrogen-bond acceptors (Lipinski definition) is 2. The third kappa shape index (κ3) is 5.99. The zero-order chi connectivity index (χ0) is 12.3. The van der Waals surface area contributed by atoms with E-state index in [9.17, 15) is 13.2 Å². The second-order valence-electron chi connectivity index (χ2n) is 5.11. The number of nitrogens with zero attached hydrogens (tertiary/aromatic N) is 1. The molecule has 0 heterocycles. The molecule has 0 aliphatic carbocycles. The van der Waals surface area contributed by atoms with Gasteiger partial charge in [-0.2, -0.15) is 13.2 Å². The summed E-state index contributed by atoms with van der Waals surface area (Å²) in [6, 6.07) is -1.43. The Morgan fingerprint density at radius 2 is 1.67 bits per heavy atom. The van der Waals surface area contributed by atoms with Gasteiger partial charge in [0.25, 0.3) is 0 Å². The van der Waals surface area contributed by atoms with Crippen LogP contribution in [0, 0.1) is 5.41 Å². The molecule has 0 aromatic heterocycles. The van der Waals surface area contributed by atoms with Crippen molar-refractivity contribution in [3.63, 3.8) is 0 Å². The third-order valence-electron chi connectivity index (χ3n) is 2.07. The molecule has 92 valence electrons. The van der Waals surface area contributed by atoms with Crippen molar-refractivity contribution in [2.24, 2.45) is 11.1 Å². The minimum Gasteiger partial charge on any atom is -0.330 e. The molecule has 0 bridgehead atoms. The second kappa shape index (κ2) is 5.16. The lowest BCUT2D eigenvalue weighted by Crippen LogP contribution is -2.47. The molecule has 0 radical (unpaired) electrons. The fourth-order valence-corrected chi connectivity index (χ4v) is 1.65. The minimum atomic E-state index is -4.20. The molecule has 0 aromatic rings.